The number of benzene rings is 1. The minimum Gasteiger partial charge on any atom is -0.373 e. The Kier molecular flexibility index (Phi) is 5.32. The lowest BCUT2D eigenvalue weighted by atomic mass is 9.91. The van der Waals surface area contributed by atoms with Crippen molar-refractivity contribution in [1.29, 1.82) is 0 Å². The highest BCUT2D eigenvalue weighted by atomic mass is 19.2. The van der Waals surface area contributed by atoms with Crippen molar-refractivity contribution in [2.75, 3.05) is 6.61 Å². The fourth-order valence-corrected chi connectivity index (χ4v) is 2.73. The molecule has 1 aromatic rings. The third kappa shape index (κ3) is 3.75. The molecule has 1 heterocycles. The van der Waals surface area contributed by atoms with Gasteiger partial charge >= 0.3 is 0 Å². The Balaban J connectivity index is 1.87. The number of rotatable bonds is 5. The summed E-state index contributed by atoms with van der Waals surface area (Å²) < 4.78 is 32.6. The van der Waals surface area contributed by atoms with Gasteiger partial charge < -0.3 is 4.74 Å². The molecule has 0 aromatic heterocycles. The molecule has 1 aliphatic heterocycles. The Bertz CT molecular complexity index is 398. The third-order valence-corrected chi connectivity index (χ3v) is 3.91. The van der Waals surface area contributed by atoms with Crippen LogP contribution in [0, 0.1) is 17.6 Å². The van der Waals surface area contributed by atoms with Crippen molar-refractivity contribution in [3.8, 4) is 0 Å². The highest BCUT2D eigenvalue weighted by molar-refractivity contribution is 5.21. The van der Waals surface area contributed by atoms with Crippen LogP contribution in [0.15, 0.2) is 18.2 Å². The fourth-order valence-electron chi connectivity index (χ4n) is 2.73. The van der Waals surface area contributed by atoms with Crippen LogP contribution in [-0.2, 0) is 4.74 Å². The van der Waals surface area contributed by atoms with E-state index in [0.29, 0.717) is 18.1 Å². The van der Waals surface area contributed by atoms with Gasteiger partial charge in [0.25, 0.3) is 0 Å². The lowest BCUT2D eigenvalue weighted by Crippen LogP contribution is -2.21. The third-order valence-electron chi connectivity index (χ3n) is 3.91. The van der Waals surface area contributed by atoms with E-state index in [1.165, 1.54) is 25.7 Å². The summed E-state index contributed by atoms with van der Waals surface area (Å²) in [5.41, 5.74) is 0.368. The quantitative estimate of drug-likeness (QED) is 0.682. The van der Waals surface area contributed by atoms with Crippen molar-refractivity contribution in [2.45, 2.75) is 51.6 Å². The molecule has 106 valence electrons. The van der Waals surface area contributed by atoms with Crippen LogP contribution in [0.2, 0.25) is 0 Å². The van der Waals surface area contributed by atoms with Crippen LogP contribution in [-0.4, -0.2) is 6.61 Å². The fraction of sp³-hybridized carbons (Fsp3) is 0.625. The van der Waals surface area contributed by atoms with Crippen LogP contribution in [0.3, 0.4) is 0 Å². The highest BCUT2D eigenvalue weighted by Gasteiger charge is 2.25. The zero-order valence-corrected chi connectivity index (χ0v) is 11.5. The Hall–Kier alpha value is -0.960. The molecule has 1 saturated heterocycles. The van der Waals surface area contributed by atoms with Gasteiger partial charge in [-0.1, -0.05) is 38.3 Å². The van der Waals surface area contributed by atoms with E-state index in [2.05, 4.69) is 6.92 Å². The molecule has 0 bridgehead atoms. The summed E-state index contributed by atoms with van der Waals surface area (Å²) in [6, 6.07) is 4.32. The maximum Gasteiger partial charge on any atom is 0.164 e. The van der Waals surface area contributed by atoms with Crippen LogP contribution in [0.25, 0.3) is 0 Å². The molecule has 3 heteroatoms. The summed E-state index contributed by atoms with van der Waals surface area (Å²) in [4.78, 5) is 0. The highest BCUT2D eigenvalue weighted by Crippen LogP contribution is 2.34. The second kappa shape index (κ2) is 6.99. The summed E-state index contributed by atoms with van der Waals surface area (Å²) in [5, 5.41) is 0. The topological polar surface area (TPSA) is 9.23 Å². The largest absolute Gasteiger partial charge is 0.373 e. The van der Waals surface area contributed by atoms with Crippen molar-refractivity contribution in [1.82, 2.24) is 0 Å². The summed E-state index contributed by atoms with van der Waals surface area (Å²) >= 11 is 0. The molecular formula is C16H22F2O. The van der Waals surface area contributed by atoms with Crippen LogP contribution < -0.4 is 0 Å². The van der Waals surface area contributed by atoms with Crippen molar-refractivity contribution >= 4 is 0 Å². The first-order valence-corrected chi connectivity index (χ1v) is 7.28. The summed E-state index contributed by atoms with van der Waals surface area (Å²) in [6.45, 7) is 2.87. The lowest BCUT2D eigenvalue weighted by molar-refractivity contribution is -0.0218. The van der Waals surface area contributed by atoms with Gasteiger partial charge in [0.05, 0.1) is 12.7 Å². The number of hydrogen-bond donors (Lipinski definition) is 0. The number of hydrogen-bond acceptors (Lipinski definition) is 1. The molecule has 1 aliphatic rings. The molecule has 0 aliphatic carbocycles. The van der Waals surface area contributed by atoms with E-state index in [-0.39, 0.29) is 6.10 Å². The molecule has 0 spiro atoms. The standard InChI is InChI=1S/C16H22F2O/c1-2-3-4-6-12-9-10-15(19-11-12)13-7-5-8-14(17)16(13)18/h5,7-8,12,15H,2-4,6,9-11H2,1H3. The maximum atomic E-state index is 13.7. The molecule has 1 nitrogen and oxygen atoms in total. The minimum atomic E-state index is -0.786. The molecule has 2 atom stereocenters. The van der Waals surface area contributed by atoms with Gasteiger partial charge in [0.1, 0.15) is 0 Å². The first-order chi connectivity index (χ1) is 9.22. The lowest BCUT2D eigenvalue weighted by Gasteiger charge is -2.29. The zero-order valence-electron chi connectivity index (χ0n) is 11.5. The summed E-state index contributed by atoms with van der Waals surface area (Å²) in [5.74, 6) is -0.956. The van der Waals surface area contributed by atoms with Crippen LogP contribution in [0.5, 0.6) is 0 Å². The van der Waals surface area contributed by atoms with Crippen LogP contribution in [0.1, 0.15) is 57.1 Å². The Morgan fingerprint density at radius 1 is 1.21 bits per heavy atom. The number of ether oxygens (including phenoxy) is 1. The summed E-state index contributed by atoms with van der Waals surface area (Å²) in [7, 11) is 0. The predicted octanol–water partition coefficient (Wildman–Crippen LogP) is 5.01. The predicted molar refractivity (Wildman–Crippen MR) is 71.9 cm³/mol. The number of unbranched alkanes of at least 4 members (excludes halogenated alkanes) is 2. The van der Waals surface area contributed by atoms with Gasteiger partial charge in [0.15, 0.2) is 11.6 Å². The normalized spacial score (nSPS) is 23.5. The molecule has 2 rings (SSSR count). The van der Waals surface area contributed by atoms with E-state index in [0.717, 1.165) is 18.9 Å². The van der Waals surface area contributed by atoms with E-state index in [9.17, 15) is 8.78 Å². The van der Waals surface area contributed by atoms with Gasteiger partial charge in [0, 0.05) is 5.56 Å². The molecule has 1 fully saturated rings. The molecular weight excluding hydrogens is 246 g/mol. The first-order valence-electron chi connectivity index (χ1n) is 7.28. The van der Waals surface area contributed by atoms with Crippen molar-refractivity contribution < 1.29 is 13.5 Å². The van der Waals surface area contributed by atoms with Crippen molar-refractivity contribution in [3.63, 3.8) is 0 Å². The zero-order chi connectivity index (χ0) is 13.7. The van der Waals surface area contributed by atoms with Gasteiger partial charge in [0.2, 0.25) is 0 Å². The van der Waals surface area contributed by atoms with E-state index in [1.807, 2.05) is 0 Å². The first kappa shape index (κ1) is 14.4. The molecule has 0 radical (unpaired) electrons. The average Bonchev–Trinajstić information content (AvgIpc) is 2.43. The van der Waals surface area contributed by atoms with Gasteiger partial charge in [-0.2, -0.15) is 0 Å². The maximum absolute atomic E-state index is 13.7. The van der Waals surface area contributed by atoms with Crippen molar-refractivity contribution in [2.24, 2.45) is 5.92 Å². The average molecular weight is 268 g/mol. The number of halogens is 2. The molecule has 2 unspecified atom stereocenters. The van der Waals surface area contributed by atoms with Gasteiger partial charge in [-0.05, 0) is 31.2 Å². The molecule has 0 amide bonds. The Morgan fingerprint density at radius 2 is 2.05 bits per heavy atom. The molecule has 0 saturated carbocycles. The van der Waals surface area contributed by atoms with E-state index in [4.69, 9.17) is 4.74 Å². The molecule has 0 N–H and O–H groups in total. The molecule has 19 heavy (non-hydrogen) atoms. The van der Waals surface area contributed by atoms with Gasteiger partial charge in [-0.3, -0.25) is 0 Å². The SMILES string of the molecule is CCCCCC1CCC(c2cccc(F)c2F)OC1. The van der Waals surface area contributed by atoms with Crippen LogP contribution in [0.4, 0.5) is 8.78 Å². The van der Waals surface area contributed by atoms with Crippen LogP contribution >= 0.6 is 0 Å². The smallest absolute Gasteiger partial charge is 0.164 e. The van der Waals surface area contributed by atoms with E-state index >= 15 is 0 Å². The Morgan fingerprint density at radius 3 is 2.74 bits per heavy atom. The Labute approximate surface area is 114 Å². The van der Waals surface area contributed by atoms with E-state index in [1.54, 1.807) is 12.1 Å². The monoisotopic (exact) mass is 268 g/mol. The summed E-state index contributed by atoms with van der Waals surface area (Å²) in [6.07, 6.45) is 6.47. The minimum absolute atomic E-state index is 0.280. The second-order valence-corrected chi connectivity index (χ2v) is 5.40. The van der Waals surface area contributed by atoms with Crippen molar-refractivity contribution in [3.05, 3.63) is 35.4 Å². The van der Waals surface area contributed by atoms with E-state index < -0.39 is 11.6 Å². The second-order valence-electron chi connectivity index (χ2n) is 5.40. The van der Waals surface area contributed by atoms with Gasteiger partial charge in [-0.25, -0.2) is 8.78 Å². The molecule has 1 aromatic carbocycles. The van der Waals surface area contributed by atoms with Gasteiger partial charge in [-0.15, -0.1) is 0 Å².